The van der Waals surface area contributed by atoms with Gasteiger partial charge in [-0.3, -0.25) is 4.90 Å². The molecule has 5 nitrogen and oxygen atoms in total. The molecule has 0 bridgehead atoms. The monoisotopic (exact) mass is 395 g/mol. The molecular formula is C21H37N3O2S. The lowest BCUT2D eigenvalue weighted by atomic mass is 10.1. The molecule has 1 saturated heterocycles. The molecular weight excluding hydrogens is 358 g/mol. The van der Waals surface area contributed by atoms with Crippen LogP contribution >= 0.6 is 12.2 Å². The minimum atomic E-state index is 0.723. The number of thiocarbonyl (C=S) groups is 1. The van der Waals surface area contributed by atoms with E-state index in [2.05, 4.69) is 22.0 Å². The van der Waals surface area contributed by atoms with Crippen LogP contribution in [0.15, 0.2) is 16.5 Å². The number of hydrogen-bond acceptors (Lipinski definition) is 4. The van der Waals surface area contributed by atoms with Gasteiger partial charge in [-0.05, 0) is 37.7 Å². The van der Waals surface area contributed by atoms with E-state index in [9.17, 15) is 0 Å². The van der Waals surface area contributed by atoms with Crippen LogP contribution in [-0.4, -0.2) is 60.8 Å². The Morgan fingerprint density at radius 1 is 1.15 bits per heavy atom. The van der Waals surface area contributed by atoms with Crippen LogP contribution in [0.4, 0.5) is 0 Å². The topological polar surface area (TPSA) is 40.9 Å². The Kier molecular flexibility index (Phi) is 10.8. The molecule has 0 radical (unpaired) electrons. The third kappa shape index (κ3) is 9.08. The highest BCUT2D eigenvalue weighted by Gasteiger charge is 2.16. The fourth-order valence-electron chi connectivity index (χ4n) is 3.31. The fourth-order valence-corrected chi connectivity index (χ4v) is 3.57. The molecule has 2 heterocycles. The zero-order valence-corrected chi connectivity index (χ0v) is 18.0. The predicted octanol–water partition coefficient (Wildman–Crippen LogP) is 3.96. The van der Waals surface area contributed by atoms with Crippen molar-refractivity contribution in [1.82, 2.24) is 15.1 Å². The number of furan rings is 1. The molecule has 1 N–H and O–H groups in total. The van der Waals surface area contributed by atoms with Gasteiger partial charge in [0.1, 0.15) is 11.5 Å². The first-order valence-electron chi connectivity index (χ1n) is 10.6. The number of unbranched alkanes of at least 4 members (excludes halogenated alkanes) is 5. The van der Waals surface area contributed by atoms with Gasteiger partial charge in [0.2, 0.25) is 0 Å². The van der Waals surface area contributed by atoms with Gasteiger partial charge in [0.05, 0.1) is 19.8 Å². The van der Waals surface area contributed by atoms with Crippen LogP contribution in [0.3, 0.4) is 0 Å². The van der Waals surface area contributed by atoms with Gasteiger partial charge in [0.25, 0.3) is 0 Å². The maximum Gasteiger partial charge on any atom is 0.169 e. The fraction of sp³-hybridized carbons (Fsp3) is 0.762. The number of rotatable bonds is 12. The van der Waals surface area contributed by atoms with Gasteiger partial charge in [0.15, 0.2) is 5.11 Å². The van der Waals surface area contributed by atoms with Gasteiger partial charge in [0, 0.05) is 32.7 Å². The van der Waals surface area contributed by atoms with Crippen molar-refractivity contribution in [2.24, 2.45) is 0 Å². The molecule has 0 saturated carbocycles. The minimum absolute atomic E-state index is 0.723. The SMILES string of the molecule is CCCCCCCCNC(=S)N(CCN1CCOCC1)Cc1ccc(C)o1. The number of hydrogen-bond donors (Lipinski definition) is 1. The second kappa shape index (κ2) is 13.1. The van der Waals surface area contributed by atoms with E-state index in [1.807, 2.05) is 19.1 Å². The zero-order chi connectivity index (χ0) is 19.3. The average molecular weight is 396 g/mol. The van der Waals surface area contributed by atoms with Crippen LogP contribution in [0.5, 0.6) is 0 Å². The van der Waals surface area contributed by atoms with E-state index in [1.165, 1.54) is 38.5 Å². The average Bonchev–Trinajstić information content (AvgIpc) is 3.10. The third-order valence-corrected chi connectivity index (χ3v) is 5.43. The summed E-state index contributed by atoms with van der Waals surface area (Å²) in [4.78, 5) is 4.68. The summed E-state index contributed by atoms with van der Waals surface area (Å²) in [5, 5.41) is 4.30. The Hall–Kier alpha value is -1.11. The summed E-state index contributed by atoms with van der Waals surface area (Å²) in [6.07, 6.45) is 7.79. The normalized spacial score (nSPS) is 15.0. The van der Waals surface area contributed by atoms with Crippen LogP contribution in [-0.2, 0) is 11.3 Å². The summed E-state index contributed by atoms with van der Waals surface area (Å²) in [5.74, 6) is 1.92. The van der Waals surface area contributed by atoms with Crippen molar-refractivity contribution in [3.63, 3.8) is 0 Å². The minimum Gasteiger partial charge on any atom is -0.464 e. The second-order valence-electron chi connectivity index (χ2n) is 7.39. The summed E-state index contributed by atoms with van der Waals surface area (Å²) in [7, 11) is 0. The molecule has 0 unspecified atom stereocenters. The first kappa shape index (κ1) is 22.2. The zero-order valence-electron chi connectivity index (χ0n) is 17.2. The first-order valence-corrected chi connectivity index (χ1v) is 11.0. The number of nitrogens with one attached hydrogen (secondary N) is 1. The van der Waals surface area contributed by atoms with Crippen molar-refractivity contribution >= 4 is 17.3 Å². The van der Waals surface area contributed by atoms with E-state index in [0.717, 1.165) is 69.1 Å². The molecule has 0 aliphatic carbocycles. The van der Waals surface area contributed by atoms with Crippen molar-refractivity contribution in [3.8, 4) is 0 Å². The Morgan fingerprint density at radius 3 is 2.59 bits per heavy atom. The highest BCUT2D eigenvalue weighted by Crippen LogP contribution is 2.11. The second-order valence-corrected chi connectivity index (χ2v) is 7.77. The molecule has 27 heavy (non-hydrogen) atoms. The van der Waals surface area contributed by atoms with Crippen molar-refractivity contribution in [1.29, 1.82) is 0 Å². The van der Waals surface area contributed by atoms with Crippen LogP contribution in [0.1, 0.15) is 57.0 Å². The van der Waals surface area contributed by atoms with Crippen LogP contribution in [0.25, 0.3) is 0 Å². The van der Waals surface area contributed by atoms with Gasteiger partial charge in [-0.1, -0.05) is 39.0 Å². The third-order valence-electron chi connectivity index (χ3n) is 5.03. The smallest absolute Gasteiger partial charge is 0.169 e. The number of ether oxygens (including phenoxy) is 1. The largest absolute Gasteiger partial charge is 0.464 e. The molecule has 1 aliphatic rings. The molecule has 6 heteroatoms. The lowest BCUT2D eigenvalue weighted by molar-refractivity contribution is 0.0355. The molecule has 0 aromatic carbocycles. The molecule has 0 amide bonds. The Labute approximate surface area is 170 Å². The summed E-state index contributed by atoms with van der Waals surface area (Å²) < 4.78 is 11.2. The van der Waals surface area contributed by atoms with Crippen molar-refractivity contribution in [3.05, 3.63) is 23.7 Å². The van der Waals surface area contributed by atoms with Gasteiger partial charge >= 0.3 is 0 Å². The molecule has 0 atom stereocenters. The molecule has 1 fully saturated rings. The Balaban J connectivity index is 1.75. The Bertz CT molecular complexity index is 529. The van der Waals surface area contributed by atoms with E-state index in [1.54, 1.807) is 0 Å². The quantitative estimate of drug-likeness (QED) is 0.427. The molecule has 1 aromatic heterocycles. The van der Waals surface area contributed by atoms with Gasteiger partial charge in [-0.15, -0.1) is 0 Å². The predicted molar refractivity (Wildman–Crippen MR) is 115 cm³/mol. The standard InChI is InChI=1S/C21H37N3O2S/c1-3-4-5-6-7-8-11-22-21(27)24(18-20-10-9-19(2)26-20)13-12-23-14-16-25-17-15-23/h9-10H,3-8,11-18H2,1-2H3,(H,22,27). The summed E-state index contributed by atoms with van der Waals surface area (Å²) >= 11 is 5.70. The van der Waals surface area contributed by atoms with Crippen LogP contribution in [0, 0.1) is 6.92 Å². The molecule has 0 spiro atoms. The number of morpholine rings is 1. The molecule has 2 rings (SSSR count). The van der Waals surface area contributed by atoms with Crippen molar-refractivity contribution in [2.45, 2.75) is 58.9 Å². The highest BCUT2D eigenvalue weighted by atomic mass is 32.1. The lowest BCUT2D eigenvalue weighted by Gasteiger charge is -2.31. The van der Waals surface area contributed by atoms with E-state index in [0.29, 0.717) is 0 Å². The van der Waals surface area contributed by atoms with Crippen molar-refractivity contribution < 1.29 is 9.15 Å². The van der Waals surface area contributed by atoms with Gasteiger partial charge in [-0.2, -0.15) is 0 Å². The van der Waals surface area contributed by atoms with Gasteiger partial charge in [-0.25, -0.2) is 0 Å². The van der Waals surface area contributed by atoms with Crippen LogP contribution in [0.2, 0.25) is 0 Å². The summed E-state index contributed by atoms with van der Waals surface area (Å²) in [6.45, 7) is 11.5. The maximum absolute atomic E-state index is 5.77. The van der Waals surface area contributed by atoms with E-state index in [-0.39, 0.29) is 0 Å². The number of aryl methyl sites for hydroxylation is 1. The van der Waals surface area contributed by atoms with E-state index < -0.39 is 0 Å². The molecule has 1 aliphatic heterocycles. The summed E-state index contributed by atoms with van der Waals surface area (Å²) in [5.41, 5.74) is 0. The van der Waals surface area contributed by atoms with Crippen LogP contribution < -0.4 is 5.32 Å². The molecule has 154 valence electrons. The van der Waals surface area contributed by atoms with E-state index >= 15 is 0 Å². The maximum atomic E-state index is 5.77. The Morgan fingerprint density at radius 2 is 1.89 bits per heavy atom. The molecule has 1 aromatic rings. The summed E-state index contributed by atoms with van der Waals surface area (Å²) in [6, 6.07) is 4.07. The number of nitrogens with zero attached hydrogens (tertiary/aromatic N) is 2. The van der Waals surface area contributed by atoms with E-state index in [4.69, 9.17) is 21.4 Å². The van der Waals surface area contributed by atoms with Gasteiger partial charge < -0.3 is 19.4 Å². The lowest BCUT2D eigenvalue weighted by Crippen LogP contribution is -2.45. The van der Waals surface area contributed by atoms with Crippen molar-refractivity contribution in [2.75, 3.05) is 45.9 Å². The highest BCUT2D eigenvalue weighted by molar-refractivity contribution is 7.80. The first-order chi connectivity index (χ1) is 13.2.